The standard InChI is InChI=1S/C10H17NO2/c1-4-5-6-11-10(12)7-9(2)8-13-3/h1,9H,5-8H2,2-3H3,(H,11,12). The van der Waals surface area contributed by atoms with Crippen LogP contribution in [0.2, 0.25) is 0 Å². The second-order valence-electron chi connectivity index (χ2n) is 3.07. The largest absolute Gasteiger partial charge is 0.384 e. The number of carbonyl (C=O) groups excluding carboxylic acids is 1. The van der Waals surface area contributed by atoms with Crippen molar-refractivity contribution in [1.29, 1.82) is 0 Å². The summed E-state index contributed by atoms with van der Waals surface area (Å²) in [6.45, 7) is 3.15. The van der Waals surface area contributed by atoms with E-state index in [-0.39, 0.29) is 11.8 Å². The fourth-order valence-corrected chi connectivity index (χ4v) is 1.01. The van der Waals surface area contributed by atoms with Gasteiger partial charge >= 0.3 is 0 Å². The minimum absolute atomic E-state index is 0.0415. The van der Waals surface area contributed by atoms with E-state index in [2.05, 4.69) is 11.2 Å². The average Bonchev–Trinajstić information content (AvgIpc) is 2.05. The Bertz CT molecular complexity index is 184. The Labute approximate surface area is 79.8 Å². The summed E-state index contributed by atoms with van der Waals surface area (Å²) in [5.74, 6) is 2.76. The molecule has 13 heavy (non-hydrogen) atoms. The molecule has 74 valence electrons. The molecule has 3 nitrogen and oxygen atoms in total. The highest BCUT2D eigenvalue weighted by atomic mass is 16.5. The molecular weight excluding hydrogens is 166 g/mol. The SMILES string of the molecule is C#CCCNC(=O)CC(C)COC. The smallest absolute Gasteiger partial charge is 0.220 e. The molecule has 0 rings (SSSR count). The predicted molar refractivity (Wildman–Crippen MR) is 52.1 cm³/mol. The normalized spacial score (nSPS) is 11.8. The van der Waals surface area contributed by atoms with Crippen LogP contribution in [0.5, 0.6) is 0 Å². The van der Waals surface area contributed by atoms with Gasteiger partial charge < -0.3 is 10.1 Å². The fraction of sp³-hybridized carbons (Fsp3) is 0.700. The zero-order chi connectivity index (χ0) is 10.1. The van der Waals surface area contributed by atoms with Crippen LogP contribution in [0.25, 0.3) is 0 Å². The van der Waals surface area contributed by atoms with E-state index in [1.54, 1.807) is 7.11 Å². The van der Waals surface area contributed by atoms with E-state index >= 15 is 0 Å². The number of terminal acetylenes is 1. The molecule has 0 heterocycles. The Kier molecular flexibility index (Phi) is 7.04. The molecule has 3 heteroatoms. The Morgan fingerprint density at radius 1 is 1.69 bits per heavy atom. The molecule has 0 saturated heterocycles. The Morgan fingerprint density at radius 3 is 2.92 bits per heavy atom. The first kappa shape index (κ1) is 12.0. The first-order chi connectivity index (χ1) is 6.20. The predicted octanol–water partition coefficient (Wildman–Crippen LogP) is 0.798. The monoisotopic (exact) mass is 183 g/mol. The molecule has 0 bridgehead atoms. The van der Waals surface area contributed by atoms with Crippen LogP contribution in [-0.4, -0.2) is 26.2 Å². The maximum absolute atomic E-state index is 11.2. The summed E-state index contributed by atoms with van der Waals surface area (Å²) in [6, 6.07) is 0. The number of hydrogen-bond donors (Lipinski definition) is 1. The quantitative estimate of drug-likeness (QED) is 0.488. The Balaban J connectivity index is 3.45. The van der Waals surface area contributed by atoms with Crippen molar-refractivity contribution in [2.45, 2.75) is 19.8 Å². The molecule has 1 unspecified atom stereocenters. The summed E-state index contributed by atoms with van der Waals surface area (Å²) in [7, 11) is 1.63. The second-order valence-corrected chi connectivity index (χ2v) is 3.07. The molecule has 0 aromatic heterocycles. The molecule has 0 aromatic carbocycles. The first-order valence-corrected chi connectivity index (χ1v) is 4.39. The third-order valence-corrected chi connectivity index (χ3v) is 1.58. The van der Waals surface area contributed by atoms with E-state index in [4.69, 9.17) is 11.2 Å². The highest BCUT2D eigenvalue weighted by Gasteiger charge is 2.07. The van der Waals surface area contributed by atoms with Crippen molar-refractivity contribution in [3.63, 3.8) is 0 Å². The zero-order valence-electron chi connectivity index (χ0n) is 8.30. The van der Waals surface area contributed by atoms with Gasteiger partial charge in [-0.15, -0.1) is 12.3 Å². The lowest BCUT2D eigenvalue weighted by molar-refractivity contribution is -0.122. The van der Waals surface area contributed by atoms with Crippen LogP contribution < -0.4 is 5.32 Å². The molecule has 0 radical (unpaired) electrons. The van der Waals surface area contributed by atoms with Crippen molar-refractivity contribution in [3.05, 3.63) is 0 Å². The van der Waals surface area contributed by atoms with Crippen molar-refractivity contribution < 1.29 is 9.53 Å². The summed E-state index contributed by atoms with van der Waals surface area (Å²) in [5, 5.41) is 2.74. The summed E-state index contributed by atoms with van der Waals surface area (Å²) in [6.07, 6.45) is 6.13. The van der Waals surface area contributed by atoms with E-state index < -0.39 is 0 Å². The highest BCUT2D eigenvalue weighted by Crippen LogP contribution is 2.00. The van der Waals surface area contributed by atoms with E-state index in [9.17, 15) is 4.79 Å². The highest BCUT2D eigenvalue weighted by molar-refractivity contribution is 5.76. The van der Waals surface area contributed by atoms with Gasteiger partial charge in [-0.2, -0.15) is 0 Å². The van der Waals surface area contributed by atoms with E-state index in [1.165, 1.54) is 0 Å². The average molecular weight is 183 g/mol. The lowest BCUT2D eigenvalue weighted by Gasteiger charge is -2.09. The summed E-state index contributed by atoms with van der Waals surface area (Å²) in [4.78, 5) is 11.2. The minimum Gasteiger partial charge on any atom is -0.384 e. The van der Waals surface area contributed by atoms with Gasteiger partial charge in [0, 0.05) is 33.1 Å². The third-order valence-electron chi connectivity index (χ3n) is 1.58. The molecule has 0 spiro atoms. The summed E-state index contributed by atoms with van der Waals surface area (Å²) in [5.41, 5.74) is 0. The van der Waals surface area contributed by atoms with Crippen molar-refractivity contribution in [2.24, 2.45) is 5.92 Å². The van der Waals surface area contributed by atoms with Crippen molar-refractivity contribution >= 4 is 5.91 Å². The molecule has 0 aliphatic heterocycles. The van der Waals surface area contributed by atoms with Crippen LogP contribution in [0, 0.1) is 18.3 Å². The van der Waals surface area contributed by atoms with E-state index in [1.807, 2.05) is 6.92 Å². The molecule has 0 aromatic rings. The zero-order valence-corrected chi connectivity index (χ0v) is 8.30. The number of hydrogen-bond acceptors (Lipinski definition) is 2. The van der Waals surface area contributed by atoms with Gasteiger partial charge in [-0.05, 0) is 5.92 Å². The van der Waals surface area contributed by atoms with Crippen LogP contribution >= 0.6 is 0 Å². The third kappa shape index (κ3) is 7.35. The number of amides is 1. The van der Waals surface area contributed by atoms with Crippen LogP contribution in [0.3, 0.4) is 0 Å². The Hall–Kier alpha value is -1.01. The molecule has 0 fully saturated rings. The fourth-order valence-electron chi connectivity index (χ4n) is 1.01. The molecule has 1 N–H and O–H groups in total. The molecule has 1 atom stereocenters. The van der Waals surface area contributed by atoms with Crippen molar-refractivity contribution in [1.82, 2.24) is 5.32 Å². The number of nitrogens with one attached hydrogen (secondary N) is 1. The summed E-state index contributed by atoms with van der Waals surface area (Å²) >= 11 is 0. The topological polar surface area (TPSA) is 38.3 Å². The van der Waals surface area contributed by atoms with Crippen LogP contribution in [0.4, 0.5) is 0 Å². The minimum atomic E-state index is 0.0415. The number of carbonyl (C=O) groups is 1. The van der Waals surface area contributed by atoms with Crippen LogP contribution in [-0.2, 0) is 9.53 Å². The van der Waals surface area contributed by atoms with Crippen molar-refractivity contribution in [3.8, 4) is 12.3 Å². The van der Waals surface area contributed by atoms with Gasteiger partial charge in [0.05, 0.1) is 0 Å². The molecular formula is C10H17NO2. The molecule has 0 aliphatic rings. The summed E-state index contributed by atoms with van der Waals surface area (Å²) < 4.78 is 4.92. The van der Waals surface area contributed by atoms with Crippen LogP contribution in [0.15, 0.2) is 0 Å². The van der Waals surface area contributed by atoms with Crippen LogP contribution in [0.1, 0.15) is 19.8 Å². The molecule has 1 amide bonds. The number of methoxy groups -OCH3 is 1. The van der Waals surface area contributed by atoms with Gasteiger partial charge in [-0.3, -0.25) is 4.79 Å². The van der Waals surface area contributed by atoms with Gasteiger partial charge in [0.25, 0.3) is 0 Å². The second kappa shape index (κ2) is 7.63. The lowest BCUT2D eigenvalue weighted by Crippen LogP contribution is -2.26. The van der Waals surface area contributed by atoms with E-state index in [0.29, 0.717) is 26.0 Å². The van der Waals surface area contributed by atoms with Gasteiger partial charge in [0.15, 0.2) is 0 Å². The number of ether oxygens (including phenoxy) is 1. The lowest BCUT2D eigenvalue weighted by atomic mass is 10.1. The van der Waals surface area contributed by atoms with E-state index in [0.717, 1.165) is 0 Å². The molecule has 0 saturated carbocycles. The van der Waals surface area contributed by atoms with Crippen molar-refractivity contribution in [2.75, 3.05) is 20.3 Å². The maximum atomic E-state index is 11.2. The maximum Gasteiger partial charge on any atom is 0.220 e. The number of rotatable bonds is 6. The molecule has 0 aliphatic carbocycles. The Morgan fingerprint density at radius 2 is 2.38 bits per heavy atom. The van der Waals surface area contributed by atoms with Gasteiger partial charge in [-0.25, -0.2) is 0 Å². The van der Waals surface area contributed by atoms with Gasteiger partial charge in [0.2, 0.25) is 5.91 Å². The first-order valence-electron chi connectivity index (χ1n) is 4.39. The van der Waals surface area contributed by atoms with Gasteiger partial charge in [0.1, 0.15) is 0 Å². The van der Waals surface area contributed by atoms with Gasteiger partial charge in [-0.1, -0.05) is 6.92 Å².